The highest BCUT2D eigenvalue weighted by Crippen LogP contribution is 2.17. The van der Waals surface area contributed by atoms with Crippen LogP contribution in [0.25, 0.3) is 0 Å². The van der Waals surface area contributed by atoms with Gasteiger partial charge >= 0.3 is 0 Å². The predicted octanol–water partition coefficient (Wildman–Crippen LogP) is 2.70. The number of nitrogens with one attached hydrogen (secondary N) is 1. The molecule has 0 aliphatic heterocycles. The minimum atomic E-state index is 0.406. The maximum atomic E-state index is 5.50. The smallest absolute Gasteiger partial charge is 0.266 e. The van der Waals surface area contributed by atoms with Crippen LogP contribution in [0.1, 0.15) is 50.8 Å². The van der Waals surface area contributed by atoms with Crippen LogP contribution in [0.2, 0.25) is 0 Å². The zero-order valence-corrected chi connectivity index (χ0v) is 10.6. The molecule has 0 amide bonds. The van der Waals surface area contributed by atoms with Gasteiger partial charge in [0.1, 0.15) is 0 Å². The van der Waals surface area contributed by atoms with Crippen LogP contribution in [0.4, 0.5) is 0 Å². The molecular formula is C12H18N4O. The van der Waals surface area contributed by atoms with Crippen LogP contribution in [-0.2, 0) is 0 Å². The summed E-state index contributed by atoms with van der Waals surface area (Å²) in [5.41, 5.74) is 2.20. The molecule has 17 heavy (non-hydrogen) atoms. The highest BCUT2D eigenvalue weighted by molar-refractivity contribution is 5.16. The Bertz CT molecular complexity index is 440. The van der Waals surface area contributed by atoms with Crippen molar-refractivity contribution in [3.63, 3.8) is 0 Å². The number of H-pyrrole nitrogens is 1. The van der Waals surface area contributed by atoms with Gasteiger partial charge in [-0.25, -0.2) is 0 Å². The van der Waals surface area contributed by atoms with Gasteiger partial charge in [-0.1, -0.05) is 32.5 Å². The number of nitrogens with zero attached hydrogens (tertiary/aromatic N) is 3. The first-order valence-electron chi connectivity index (χ1n) is 5.84. The SMILES string of the molecule is CC(C)c1cnn(Oc2cc(C(C)C)[nH]n2)c1. The molecule has 2 aromatic heterocycles. The summed E-state index contributed by atoms with van der Waals surface area (Å²) in [7, 11) is 0. The van der Waals surface area contributed by atoms with E-state index in [1.54, 1.807) is 6.20 Å². The van der Waals surface area contributed by atoms with E-state index in [1.165, 1.54) is 4.85 Å². The topological polar surface area (TPSA) is 55.7 Å². The van der Waals surface area contributed by atoms with Crippen molar-refractivity contribution in [3.8, 4) is 5.88 Å². The van der Waals surface area contributed by atoms with Gasteiger partial charge in [-0.2, -0.15) is 0 Å². The molecule has 0 unspecified atom stereocenters. The van der Waals surface area contributed by atoms with E-state index < -0.39 is 0 Å². The van der Waals surface area contributed by atoms with Crippen LogP contribution in [0.5, 0.6) is 5.88 Å². The summed E-state index contributed by atoms with van der Waals surface area (Å²) in [5, 5.41) is 11.1. The molecule has 2 rings (SSSR count). The molecule has 0 aliphatic carbocycles. The summed E-state index contributed by atoms with van der Waals surface area (Å²) in [5.74, 6) is 1.38. The van der Waals surface area contributed by atoms with Crippen molar-refractivity contribution in [1.29, 1.82) is 0 Å². The number of hydrogen-bond acceptors (Lipinski definition) is 3. The molecule has 0 aromatic carbocycles. The van der Waals surface area contributed by atoms with Crippen molar-refractivity contribution < 1.29 is 4.84 Å². The molecule has 0 aliphatic rings. The Hall–Kier alpha value is -1.78. The fourth-order valence-electron chi connectivity index (χ4n) is 1.42. The molecular weight excluding hydrogens is 216 g/mol. The second-order valence-corrected chi connectivity index (χ2v) is 4.74. The first-order chi connectivity index (χ1) is 8.06. The Morgan fingerprint density at radius 3 is 2.53 bits per heavy atom. The highest BCUT2D eigenvalue weighted by atomic mass is 16.7. The second kappa shape index (κ2) is 4.61. The summed E-state index contributed by atoms with van der Waals surface area (Å²) < 4.78 is 0. The largest absolute Gasteiger partial charge is 0.336 e. The van der Waals surface area contributed by atoms with Crippen LogP contribution in [-0.4, -0.2) is 20.1 Å². The van der Waals surface area contributed by atoms with E-state index >= 15 is 0 Å². The van der Waals surface area contributed by atoms with Gasteiger partial charge in [0.15, 0.2) is 0 Å². The Labute approximate surface area is 101 Å². The van der Waals surface area contributed by atoms with Crippen LogP contribution in [0.15, 0.2) is 18.5 Å². The van der Waals surface area contributed by atoms with Crippen molar-refractivity contribution >= 4 is 0 Å². The average Bonchev–Trinajstić information content (AvgIpc) is 2.87. The molecule has 92 valence electrons. The van der Waals surface area contributed by atoms with Crippen molar-refractivity contribution in [3.05, 3.63) is 29.7 Å². The van der Waals surface area contributed by atoms with Crippen LogP contribution < -0.4 is 4.84 Å². The monoisotopic (exact) mass is 234 g/mol. The molecule has 0 radical (unpaired) electrons. The Morgan fingerprint density at radius 1 is 1.24 bits per heavy atom. The van der Waals surface area contributed by atoms with Crippen molar-refractivity contribution in [2.45, 2.75) is 39.5 Å². The first-order valence-corrected chi connectivity index (χ1v) is 5.84. The quantitative estimate of drug-likeness (QED) is 0.884. The van der Waals surface area contributed by atoms with E-state index in [1.807, 2.05) is 12.3 Å². The van der Waals surface area contributed by atoms with E-state index in [-0.39, 0.29) is 0 Å². The Morgan fingerprint density at radius 2 is 2.00 bits per heavy atom. The molecule has 5 heteroatoms. The minimum Gasteiger partial charge on any atom is -0.336 e. The van der Waals surface area contributed by atoms with Gasteiger partial charge in [0.25, 0.3) is 5.88 Å². The van der Waals surface area contributed by atoms with E-state index in [0.29, 0.717) is 17.7 Å². The van der Waals surface area contributed by atoms with Crippen molar-refractivity contribution in [2.24, 2.45) is 0 Å². The van der Waals surface area contributed by atoms with Crippen molar-refractivity contribution in [2.75, 3.05) is 0 Å². The number of hydrogen-bond donors (Lipinski definition) is 1. The van der Waals surface area contributed by atoms with Gasteiger partial charge in [-0.05, 0) is 17.4 Å². The summed E-state index contributed by atoms with van der Waals surface area (Å²) in [6.45, 7) is 8.43. The molecule has 1 N–H and O–H groups in total. The van der Waals surface area contributed by atoms with Gasteiger partial charge in [0, 0.05) is 11.8 Å². The zero-order valence-electron chi connectivity index (χ0n) is 10.6. The van der Waals surface area contributed by atoms with E-state index in [4.69, 9.17) is 4.84 Å². The third-order valence-corrected chi connectivity index (χ3v) is 2.63. The molecule has 0 spiro atoms. The van der Waals surface area contributed by atoms with Gasteiger partial charge in [0.2, 0.25) is 0 Å². The number of aromatic nitrogens is 4. The molecule has 0 atom stereocenters. The highest BCUT2D eigenvalue weighted by Gasteiger charge is 2.08. The molecule has 2 aromatic rings. The van der Waals surface area contributed by atoms with Crippen LogP contribution >= 0.6 is 0 Å². The lowest BCUT2D eigenvalue weighted by atomic mass is 10.1. The predicted molar refractivity (Wildman–Crippen MR) is 65.0 cm³/mol. The summed E-state index contributed by atoms with van der Waals surface area (Å²) in [4.78, 5) is 6.94. The third kappa shape index (κ3) is 2.67. The number of rotatable bonds is 4. The maximum Gasteiger partial charge on any atom is 0.266 e. The first kappa shape index (κ1) is 11.7. The summed E-state index contributed by atoms with van der Waals surface area (Å²) >= 11 is 0. The fraction of sp³-hybridized carbons (Fsp3) is 0.500. The van der Waals surface area contributed by atoms with Gasteiger partial charge < -0.3 is 4.84 Å². The maximum absolute atomic E-state index is 5.50. The number of aromatic amines is 1. The second-order valence-electron chi connectivity index (χ2n) is 4.74. The van der Waals surface area contributed by atoms with Crippen molar-refractivity contribution in [1.82, 2.24) is 20.1 Å². The van der Waals surface area contributed by atoms with E-state index in [2.05, 4.69) is 43.0 Å². The minimum absolute atomic E-state index is 0.406. The van der Waals surface area contributed by atoms with Gasteiger partial charge in [0.05, 0.1) is 12.4 Å². The third-order valence-electron chi connectivity index (χ3n) is 2.63. The fourth-order valence-corrected chi connectivity index (χ4v) is 1.42. The lowest BCUT2D eigenvalue weighted by Crippen LogP contribution is -2.05. The lowest BCUT2D eigenvalue weighted by Gasteiger charge is -2.00. The lowest BCUT2D eigenvalue weighted by molar-refractivity contribution is 0.170. The van der Waals surface area contributed by atoms with Gasteiger partial charge in [-0.3, -0.25) is 5.10 Å². The normalized spacial score (nSPS) is 11.4. The van der Waals surface area contributed by atoms with E-state index in [0.717, 1.165) is 11.3 Å². The van der Waals surface area contributed by atoms with Crippen LogP contribution in [0.3, 0.4) is 0 Å². The summed E-state index contributed by atoms with van der Waals surface area (Å²) in [6, 6.07) is 1.89. The molecule has 0 fully saturated rings. The van der Waals surface area contributed by atoms with E-state index in [9.17, 15) is 0 Å². The van der Waals surface area contributed by atoms with Gasteiger partial charge in [-0.15, -0.1) is 10.2 Å². The Balaban J connectivity index is 2.08. The molecule has 0 saturated heterocycles. The summed E-state index contributed by atoms with van der Waals surface area (Å²) in [6.07, 6.45) is 3.68. The molecule has 0 bridgehead atoms. The molecule has 2 heterocycles. The Kier molecular flexibility index (Phi) is 3.17. The zero-order chi connectivity index (χ0) is 12.4. The molecule has 0 saturated carbocycles. The average molecular weight is 234 g/mol. The molecule has 5 nitrogen and oxygen atoms in total. The standard InChI is InChI=1S/C12H18N4O/c1-8(2)10-6-13-16(7-10)17-12-5-11(9(3)4)14-15-12/h5-9H,1-4H3,(H,14,15). The van der Waals surface area contributed by atoms with Crippen LogP contribution in [0, 0.1) is 0 Å².